The molecule has 3 N–H and O–H groups in total. The molecule has 0 saturated carbocycles. The van der Waals surface area contributed by atoms with Crippen molar-refractivity contribution < 1.29 is 28.7 Å². The normalized spacial score (nSPS) is 11.4. The summed E-state index contributed by atoms with van der Waals surface area (Å²) in [7, 11) is 2.92. The smallest absolute Gasteiger partial charge is 0.321 e. The number of hydrogen-bond donors (Lipinski definition) is 3. The predicted molar refractivity (Wildman–Crippen MR) is 97.8 cm³/mol. The molecule has 0 heterocycles. The number of nitrogens with one attached hydrogen (secondary N) is 3. The number of benzene rings is 1. The third-order valence-corrected chi connectivity index (χ3v) is 3.31. The molecule has 146 valence electrons. The molecule has 9 nitrogen and oxygen atoms in total. The second-order valence-corrected chi connectivity index (χ2v) is 5.35. The van der Waals surface area contributed by atoms with Crippen LogP contribution in [0.1, 0.15) is 18.9 Å². The minimum atomic E-state index is -1.12. The minimum absolute atomic E-state index is 0.0500. The van der Waals surface area contributed by atoms with E-state index in [0.717, 1.165) is 5.56 Å². The van der Waals surface area contributed by atoms with Crippen LogP contribution in [0, 0.1) is 0 Å². The van der Waals surface area contributed by atoms with E-state index in [9.17, 15) is 19.2 Å². The molecule has 0 aliphatic heterocycles. The molecule has 0 radical (unpaired) electrons. The third kappa shape index (κ3) is 8.52. The number of carbonyl (C=O) groups excluding carboxylic acids is 4. The molecule has 0 fully saturated rings. The van der Waals surface area contributed by atoms with Crippen LogP contribution in [0.4, 0.5) is 4.79 Å². The lowest BCUT2D eigenvalue weighted by atomic mass is 10.2. The number of urea groups is 1. The van der Waals surface area contributed by atoms with Crippen LogP contribution in [0.3, 0.4) is 0 Å². The predicted octanol–water partition coefficient (Wildman–Crippen LogP) is 0.602. The van der Waals surface area contributed by atoms with Gasteiger partial charge in [0.05, 0.1) is 13.5 Å². The van der Waals surface area contributed by atoms with Gasteiger partial charge in [0, 0.05) is 19.7 Å². The quantitative estimate of drug-likeness (QED) is 0.450. The average Bonchev–Trinajstić information content (AvgIpc) is 2.66. The first-order valence-electron chi connectivity index (χ1n) is 8.17. The summed E-state index contributed by atoms with van der Waals surface area (Å²) in [6.07, 6.45) is 1.73. The molecule has 0 aliphatic carbocycles. The molecule has 0 saturated heterocycles. The van der Waals surface area contributed by atoms with Crippen LogP contribution in [-0.2, 0) is 19.1 Å². The molecule has 0 aromatic heterocycles. The van der Waals surface area contributed by atoms with E-state index in [2.05, 4.69) is 10.6 Å². The summed E-state index contributed by atoms with van der Waals surface area (Å²) in [4.78, 5) is 45.9. The largest absolute Gasteiger partial charge is 0.497 e. The summed E-state index contributed by atoms with van der Waals surface area (Å²) >= 11 is 0. The van der Waals surface area contributed by atoms with Gasteiger partial charge in [-0.15, -0.1) is 0 Å². The Morgan fingerprint density at radius 3 is 2.41 bits per heavy atom. The number of imide groups is 1. The van der Waals surface area contributed by atoms with Crippen LogP contribution in [0.15, 0.2) is 30.3 Å². The Morgan fingerprint density at radius 2 is 1.81 bits per heavy atom. The van der Waals surface area contributed by atoms with E-state index >= 15 is 0 Å². The first-order valence-corrected chi connectivity index (χ1v) is 8.17. The number of rotatable bonds is 8. The maximum atomic E-state index is 11.7. The van der Waals surface area contributed by atoms with Crippen LogP contribution in [0.2, 0.25) is 0 Å². The Hall–Kier alpha value is -3.36. The van der Waals surface area contributed by atoms with E-state index in [-0.39, 0.29) is 18.9 Å². The molecule has 1 rings (SSSR count). The Morgan fingerprint density at radius 1 is 1.15 bits per heavy atom. The van der Waals surface area contributed by atoms with Gasteiger partial charge in [-0.2, -0.15) is 0 Å². The van der Waals surface area contributed by atoms with E-state index in [4.69, 9.17) is 9.47 Å². The van der Waals surface area contributed by atoms with E-state index in [0.29, 0.717) is 5.75 Å². The minimum Gasteiger partial charge on any atom is -0.497 e. The second kappa shape index (κ2) is 11.3. The first kappa shape index (κ1) is 21.7. The Balaban J connectivity index is 2.31. The Labute approximate surface area is 157 Å². The monoisotopic (exact) mass is 377 g/mol. The number of ether oxygens (including phenoxy) is 2. The van der Waals surface area contributed by atoms with E-state index in [1.165, 1.54) is 20.0 Å². The lowest BCUT2D eigenvalue weighted by molar-refractivity contribution is -0.154. The van der Waals surface area contributed by atoms with Crippen molar-refractivity contribution in [1.29, 1.82) is 0 Å². The second-order valence-electron chi connectivity index (χ2n) is 5.35. The molecular weight excluding hydrogens is 354 g/mol. The lowest BCUT2D eigenvalue weighted by Gasteiger charge is -2.12. The number of esters is 1. The summed E-state index contributed by atoms with van der Waals surface area (Å²) < 4.78 is 9.92. The van der Waals surface area contributed by atoms with E-state index in [1.54, 1.807) is 37.5 Å². The zero-order valence-electron chi connectivity index (χ0n) is 15.4. The molecule has 4 amide bonds. The molecule has 0 unspecified atom stereocenters. The molecule has 0 spiro atoms. The van der Waals surface area contributed by atoms with Gasteiger partial charge in [-0.05, 0) is 30.7 Å². The third-order valence-electron chi connectivity index (χ3n) is 3.31. The highest BCUT2D eigenvalue weighted by Gasteiger charge is 2.19. The van der Waals surface area contributed by atoms with Gasteiger partial charge in [0.1, 0.15) is 5.75 Å². The van der Waals surface area contributed by atoms with Crippen LogP contribution in [-0.4, -0.2) is 50.6 Å². The summed E-state index contributed by atoms with van der Waals surface area (Å²) in [5, 5.41) is 6.74. The fourth-order valence-corrected chi connectivity index (χ4v) is 1.82. The number of carbonyl (C=O) groups is 4. The maximum absolute atomic E-state index is 11.7. The Kier molecular flexibility index (Phi) is 9.07. The summed E-state index contributed by atoms with van der Waals surface area (Å²) in [5.41, 5.74) is 0.821. The van der Waals surface area contributed by atoms with Gasteiger partial charge in [0.25, 0.3) is 5.91 Å². The zero-order chi connectivity index (χ0) is 20.2. The zero-order valence-corrected chi connectivity index (χ0v) is 15.4. The van der Waals surface area contributed by atoms with Crippen molar-refractivity contribution in [2.24, 2.45) is 0 Å². The number of hydrogen-bond acceptors (Lipinski definition) is 6. The summed E-state index contributed by atoms with van der Waals surface area (Å²) in [6.45, 7) is 1.39. The van der Waals surface area contributed by atoms with Crippen LogP contribution >= 0.6 is 0 Å². The van der Waals surface area contributed by atoms with Crippen LogP contribution in [0.5, 0.6) is 5.75 Å². The van der Waals surface area contributed by atoms with Gasteiger partial charge < -0.3 is 20.1 Å². The van der Waals surface area contributed by atoms with E-state index < -0.39 is 24.0 Å². The fourth-order valence-electron chi connectivity index (χ4n) is 1.82. The number of amides is 4. The van der Waals surface area contributed by atoms with Gasteiger partial charge in [-0.1, -0.05) is 12.1 Å². The highest BCUT2D eigenvalue weighted by molar-refractivity contribution is 5.97. The molecule has 27 heavy (non-hydrogen) atoms. The van der Waals surface area contributed by atoms with Crippen molar-refractivity contribution in [2.45, 2.75) is 19.4 Å². The lowest BCUT2D eigenvalue weighted by Crippen LogP contribution is -2.43. The van der Waals surface area contributed by atoms with Gasteiger partial charge in [0.2, 0.25) is 5.91 Å². The SMILES string of the molecule is CNC(=O)NC(=O)[C@@H](C)OC(=O)CCNC(=O)/C=C/c1ccc(OC)cc1. The number of methoxy groups -OCH3 is 1. The van der Waals surface area contributed by atoms with Gasteiger partial charge >= 0.3 is 12.0 Å². The highest BCUT2D eigenvalue weighted by atomic mass is 16.5. The molecular formula is C18H23N3O6. The maximum Gasteiger partial charge on any atom is 0.321 e. The van der Waals surface area contributed by atoms with E-state index in [1.807, 2.05) is 5.32 Å². The topological polar surface area (TPSA) is 123 Å². The van der Waals surface area contributed by atoms with Gasteiger partial charge in [-0.25, -0.2) is 4.79 Å². The molecule has 1 atom stereocenters. The Bertz CT molecular complexity index is 700. The molecule has 1 aromatic carbocycles. The van der Waals surface area contributed by atoms with Gasteiger partial charge in [0.15, 0.2) is 6.10 Å². The fraction of sp³-hybridized carbons (Fsp3) is 0.333. The molecule has 9 heteroatoms. The van der Waals surface area contributed by atoms with Crippen molar-refractivity contribution in [1.82, 2.24) is 16.0 Å². The van der Waals surface area contributed by atoms with Crippen molar-refractivity contribution in [3.8, 4) is 5.75 Å². The van der Waals surface area contributed by atoms with Crippen molar-refractivity contribution >= 4 is 29.9 Å². The molecule has 0 bridgehead atoms. The van der Waals surface area contributed by atoms with Crippen LogP contribution < -0.4 is 20.7 Å². The van der Waals surface area contributed by atoms with Crippen LogP contribution in [0.25, 0.3) is 6.08 Å². The summed E-state index contributed by atoms with van der Waals surface area (Å²) in [6, 6.07) is 6.44. The molecule has 0 aliphatic rings. The summed E-state index contributed by atoms with van der Waals surface area (Å²) in [5.74, 6) is -1.07. The standard InChI is InChI=1S/C18H23N3O6/c1-12(17(24)21-18(25)19-2)27-16(23)10-11-20-15(22)9-6-13-4-7-14(26-3)8-5-13/h4-9,12H,10-11H2,1-3H3,(H,20,22)(H2,19,21,24,25)/b9-6+/t12-/m1/s1. The van der Waals surface area contributed by atoms with Crippen molar-refractivity contribution in [3.05, 3.63) is 35.9 Å². The highest BCUT2D eigenvalue weighted by Crippen LogP contribution is 2.12. The average molecular weight is 377 g/mol. The van der Waals surface area contributed by atoms with Crippen molar-refractivity contribution in [2.75, 3.05) is 20.7 Å². The first-order chi connectivity index (χ1) is 12.8. The molecule has 1 aromatic rings. The van der Waals surface area contributed by atoms with Gasteiger partial charge in [-0.3, -0.25) is 19.7 Å². The van der Waals surface area contributed by atoms with Crippen molar-refractivity contribution in [3.63, 3.8) is 0 Å².